The Hall–Kier alpha value is 0.700. The van der Waals surface area contributed by atoms with Crippen molar-refractivity contribution >= 4 is 23.5 Å². The van der Waals surface area contributed by atoms with Gasteiger partial charge in [0, 0.05) is 5.25 Å². The highest BCUT2D eigenvalue weighted by Gasteiger charge is 2.01. The Morgan fingerprint density at radius 3 is 2.21 bits per heavy atom. The summed E-state index contributed by atoms with van der Waals surface area (Å²) in [5.41, 5.74) is 0. The van der Waals surface area contributed by atoms with E-state index >= 15 is 0 Å². The normalized spacial score (nSPS) is 13.1. The smallest absolute Gasteiger partial charge is 0.00265 e. The fourth-order valence-corrected chi connectivity index (χ4v) is 3.62. The Bertz CT molecular complexity index is 104. The van der Waals surface area contributed by atoms with Crippen molar-refractivity contribution in [2.75, 3.05) is 17.3 Å². The molecule has 0 radical (unpaired) electrons. The van der Waals surface area contributed by atoms with Gasteiger partial charge in [0.15, 0.2) is 0 Å². The van der Waals surface area contributed by atoms with Crippen LogP contribution in [0.4, 0.5) is 0 Å². The van der Waals surface area contributed by atoms with Crippen LogP contribution in [0.2, 0.25) is 0 Å². The number of rotatable bonds is 10. The zero-order valence-corrected chi connectivity index (χ0v) is 11.7. The first-order chi connectivity index (χ1) is 6.81. The maximum Gasteiger partial charge on any atom is 0.00265 e. The van der Waals surface area contributed by atoms with E-state index in [-0.39, 0.29) is 0 Å². The summed E-state index contributed by atoms with van der Waals surface area (Å²) in [6.45, 7) is 6.91. The van der Waals surface area contributed by atoms with E-state index in [2.05, 4.69) is 44.3 Å². The molecule has 1 unspecified atom stereocenters. The first-order valence-corrected chi connectivity index (χ1v) is 8.20. The van der Waals surface area contributed by atoms with Gasteiger partial charge < -0.3 is 0 Å². The van der Waals surface area contributed by atoms with Gasteiger partial charge in [-0.05, 0) is 36.5 Å². The van der Waals surface area contributed by atoms with Crippen molar-refractivity contribution in [2.24, 2.45) is 0 Å². The van der Waals surface area contributed by atoms with Gasteiger partial charge in [0.25, 0.3) is 0 Å². The number of hydrogen-bond donors (Lipinski definition) is 0. The van der Waals surface area contributed by atoms with E-state index in [9.17, 15) is 0 Å². The molecule has 0 aromatic rings. The molecule has 86 valence electrons. The highest BCUT2D eigenvalue weighted by Crippen LogP contribution is 2.18. The van der Waals surface area contributed by atoms with Crippen LogP contribution in [0.5, 0.6) is 0 Å². The summed E-state index contributed by atoms with van der Waals surface area (Å²) in [5, 5.41) is 0.871. The minimum absolute atomic E-state index is 0.871. The van der Waals surface area contributed by atoms with Crippen molar-refractivity contribution in [3.8, 4) is 0 Å². The summed E-state index contributed by atoms with van der Waals surface area (Å²) in [5.74, 6) is 4.08. The van der Waals surface area contributed by atoms with Crippen molar-refractivity contribution in [2.45, 2.75) is 58.1 Å². The first-order valence-electron chi connectivity index (χ1n) is 6.00. The maximum absolute atomic E-state index is 2.38. The zero-order valence-electron chi connectivity index (χ0n) is 10.1. The third-order valence-corrected chi connectivity index (χ3v) is 4.64. The molecule has 2 heteroatoms. The van der Waals surface area contributed by atoms with Gasteiger partial charge in [-0.3, -0.25) is 0 Å². The summed E-state index contributed by atoms with van der Waals surface area (Å²) in [6.07, 6.45) is 6.85. The molecule has 0 nitrogen and oxygen atoms in total. The molecule has 0 saturated heterocycles. The summed E-state index contributed by atoms with van der Waals surface area (Å²) in [6, 6.07) is 0. The number of unbranched alkanes of at least 4 members (excludes halogenated alkanes) is 2. The lowest BCUT2D eigenvalue weighted by atomic mass is 10.4. The molecule has 0 fully saturated rings. The lowest BCUT2D eigenvalue weighted by molar-refractivity contribution is 0.872. The molecule has 1 atom stereocenters. The average molecular weight is 234 g/mol. The lowest BCUT2D eigenvalue weighted by Gasteiger charge is -2.10. The summed E-state index contributed by atoms with van der Waals surface area (Å²) in [7, 11) is 0. The molecular formula is C12H26S2. The molecule has 0 aromatic heterocycles. The van der Waals surface area contributed by atoms with Gasteiger partial charge in [-0.2, -0.15) is 23.5 Å². The third kappa shape index (κ3) is 10.8. The van der Waals surface area contributed by atoms with E-state index in [4.69, 9.17) is 0 Å². The molecule has 0 rings (SSSR count). The Morgan fingerprint density at radius 2 is 1.57 bits per heavy atom. The molecule has 0 amide bonds. The molecule has 0 bridgehead atoms. The largest absolute Gasteiger partial charge is 0.162 e. The maximum atomic E-state index is 2.38. The van der Waals surface area contributed by atoms with Crippen molar-refractivity contribution in [1.29, 1.82) is 0 Å². The lowest BCUT2D eigenvalue weighted by Crippen LogP contribution is -1.99. The minimum atomic E-state index is 0.871. The highest BCUT2D eigenvalue weighted by atomic mass is 32.2. The second-order valence-corrected chi connectivity index (χ2v) is 6.56. The fraction of sp³-hybridized carbons (Fsp3) is 1.00. The van der Waals surface area contributed by atoms with E-state index in [0.717, 1.165) is 5.25 Å². The van der Waals surface area contributed by atoms with Crippen LogP contribution in [0.1, 0.15) is 52.9 Å². The summed E-state index contributed by atoms with van der Waals surface area (Å²) >= 11 is 4.28. The highest BCUT2D eigenvalue weighted by molar-refractivity contribution is 8.00. The second kappa shape index (κ2) is 11.8. The van der Waals surface area contributed by atoms with Crippen LogP contribution in [0.25, 0.3) is 0 Å². The first kappa shape index (κ1) is 14.7. The quantitative estimate of drug-likeness (QED) is 0.497. The fourth-order valence-electron chi connectivity index (χ4n) is 1.11. The third-order valence-electron chi connectivity index (χ3n) is 2.21. The zero-order chi connectivity index (χ0) is 10.6. The van der Waals surface area contributed by atoms with Crippen molar-refractivity contribution in [3.05, 3.63) is 0 Å². The van der Waals surface area contributed by atoms with E-state index in [1.807, 2.05) is 0 Å². The van der Waals surface area contributed by atoms with Crippen LogP contribution in [0.3, 0.4) is 0 Å². The predicted octanol–water partition coefficient (Wildman–Crippen LogP) is 4.83. The second-order valence-electron chi connectivity index (χ2n) is 3.79. The molecule has 0 aromatic carbocycles. The van der Waals surface area contributed by atoms with Crippen LogP contribution in [0.15, 0.2) is 0 Å². The molecular weight excluding hydrogens is 208 g/mol. The minimum Gasteiger partial charge on any atom is -0.162 e. The van der Waals surface area contributed by atoms with Crippen LogP contribution < -0.4 is 0 Å². The van der Waals surface area contributed by atoms with Crippen LogP contribution in [-0.2, 0) is 0 Å². The predicted molar refractivity (Wildman–Crippen MR) is 73.7 cm³/mol. The molecule has 0 spiro atoms. The molecule has 0 saturated carbocycles. The van der Waals surface area contributed by atoms with Gasteiger partial charge in [0.1, 0.15) is 0 Å². The van der Waals surface area contributed by atoms with Crippen LogP contribution >= 0.6 is 23.5 Å². The molecule has 14 heavy (non-hydrogen) atoms. The Morgan fingerprint density at radius 1 is 0.929 bits per heavy atom. The number of thioether (sulfide) groups is 2. The van der Waals surface area contributed by atoms with E-state index in [1.54, 1.807) is 0 Å². The van der Waals surface area contributed by atoms with E-state index < -0.39 is 0 Å². The van der Waals surface area contributed by atoms with Gasteiger partial charge >= 0.3 is 0 Å². The Labute approximate surface area is 99.0 Å². The average Bonchev–Trinajstić information content (AvgIpc) is 2.18. The van der Waals surface area contributed by atoms with E-state index in [1.165, 1.54) is 49.4 Å². The number of hydrogen-bond acceptors (Lipinski definition) is 2. The van der Waals surface area contributed by atoms with Gasteiger partial charge in [0.2, 0.25) is 0 Å². The van der Waals surface area contributed by atoms with Gasteiger partial charge in [-0.15, -0.1) is 0 Å². The van der Waals surface area contributed by atoms with Gasteiger partial charge in [-0.25, -0.2) is 0 Å². The molecule has 0 heterocycles. The van der Waals surface area contributed by atoms with Crippen molar-refractivity contribution in [1.82, 2.24) is 0 Å². The standard InChI is InChI=1S/C12H26S2/c1-4-6-9-13-11-8-12(3)14-10-7-5-2/h12H,4-11H2,1-3H3. The molecule has 0 aliphatic rings. The SMILES string of the molecule is CCCCSCCC(C)SCCCC. The van der Waals surface area contributed by atoms with Crippen molar-refractivity contribution < 1.29 is 0 Å². The van der Waals surface area contributed by atoms with Crippen LogP contribution in [-0.4, -0.2) is 22.5 Å². The Kier molecular flexibility index (Phi) is 12.4. The topological polar surface area (TPSA) is 0 Å². The van der Waals surface area contributed by atoms with Crippen molar-refractivity contribution in [3.63, 3.8) is 0 Å². The van der Waals surface area contributed by atoms with E-state index in [0.29, 0.717) is 0 Å². The van der Waals surface area contributed by atoms with Gasteiger partial charge in [0.05, 0.1) is 0 Å². The molecule has 0 aliphatic carbocycles. The molecule has 0 N–H and O–H groups in total. The summed E-state index contributed by atoms with van der Waals surface area (Å²) < 4.78 is 0. The summed E-state index contributed by atoms with van der Waals surface area (Å²) in [4.78, 5) is 0. The monoisotopic (exact) mass is 234 g/mol. The van der Waals surface area contributed by atoms with Crippen LogP contribution in [0, 0.1) is 0 Å². The Balaban J connectivity index is 3.06. The van der Waals surface area contributed by atoms with Gasteiger partial charge in [-0.1, -0.05) is 33.6 Å². The molecule has 0 aliphatic heterocycles.